The predicted octanol–water partition coefficient (Wildman–Crippen LogP) is -0.653. The molecule has 2 rings (SSSR count). The summed E-state index contributed by atoms with van der Waals surface area (Å²) in [5.74, 6) is -0.674. The molecule has 0 saturated carbocycles. The van der Waals surface area contributed by atoms with Crippen LogP contribution in [0.5, 0.6) is 0 Å². The van der Waals surface area contributed by atoms with E-state index in [2.05, 4.69) is 16.0 Å². The molecule has 17 heavy (non-hydrogen) atoms. The fourth-order valence-corrected chi connectivity index (χ4v) is 1.69. The smallest absolute Gasteiger partial charge is 0.324 e. The van der Waals surface area contributed by atoms with Crippen LogP contribution in [0, 0.1) is 0 Å². The largest absolute Gasteiger partial charge is 0.352 e. The van der Waals surface area contributed by atoms with Gasteiger partial charge in [0.2, 0.25) is 5.66 Å². The Kier molecular flexibility index (Phi) is 2.43. The van der Waals surface area contributed by atoms with Crippen LogP contribution < -0.4 is 21.7 Å². The van der Waals surface area contributed by atoms with Crippen LogP contribution in [-0.4, -0.2) is 18.0 Å². The summed E-state index contributed by atoms with van der Waals surface area (Å²) in [6, 6.07) is 6.70. The molecule has 1 aromatic carbocycles. The molecule has 7 heteroatoms. The second-order valence-electron chi connectivity index (χ2n) is 3.51. The molecular weight excluding hydrogens is 224 g/mol. The van der Waals surface area contributed by atoms with Gasteiger partial charge in [0.1, 0.15) is 0 Å². The van der Waals surface area contributed by atoms with E-state index in [9.17, 15) is 14.4 Å². The average Bonchev–Trinajstić information content (AvgIpc) is 2.55. The van der Waals surface area contributed by atoms with Crippen LogP contribution in [0.25, 0.3) is 0 Å². The SMILES string of the molecule is NC(=O)NC1(c2ccccc2)NC(=O)NC1=O. The Morgan fingerprint density at radius 3 is 2.35 bits per heavy atom. The summed E-state index contributed by atoms with van der Waals surface area (Å²) in [4.78, 5) is 33.9. The summed E-state index contributed by atoms with van der Waals surface area (Å²) < 4.78 is 0. The number of nitrogens with one attached hydrogen (secondary N) is 3. The van der Waals surface area contributed by atoms with Gasteiger partial charge in [0.05, 0.1) is 0 Å². The molecule has 1 unspecified atom stereocenters. The normalized spacial score (nSPS) is 22.8. The predicted molar refractivity (Wildman–Crippen MR) is 57.5 cm³/mol. The maximum absolute atomic E-state index is 11.8. The lowest BCUT2D eigenvalue weighted by molar-refractivity contribution is -0.125. The van der Waals surface area contributed by atoms with Crippen molar-refractivity contribution in [2.24, 2.45) is 5.73 Å². The fraction of sp³-hybridized carbons (Fsp3) is 0.100. The molecule has 0 spiro atoms. The molecule has 0 aromatic heterocycles. The first-order valence-corrected chi connectivity index (χ1v) is 4.81. The summed E-state index contributed by atoms with van der Waals surface area (Å²) in [5, 5.41) is 6.65. The van der Waals surface area contributed by atoms with E-state index in [-0.39, 0.29) is 0 Å². The number of primary amides is 1. The highest BCUT2D eigenvalue weighted by molar-refractivity contribution is 6.08. The van der Waals surface area contributed by atoms with E-state index in [0.717, 1.165) is 0 Å². The van der Waals surface area contributed by atoms with Gasteiger partial charge in [-0.1, -0.05) is 30.3 Å². The van der Waals surface area contributed by atoms with Crippen LogP contribution in [-0.2, 0) is 10.5 Å². The monoisotopic (exact) mass is 234 g/mol. The van der Waals surface area contributed by atoms with Gasteiger partial charge in [-0.15, -0.1) is 0 Å². The molecule has 1 aliphatic rings. The molecule has 1 aromatic rings. The van der Waals surface area contributed by atoms with Crippen LogP contribution in [0.1, 0.15) is 5.56 Å². The molecular formula is C10H10N4O3. The highest BCUT2D eigenvalue weighted by atomic mass is 16.2. The third-order valence-electron chi connectivity index (χ3n) is 2.39. The molecule has 88 valence electrons. The number of amides is 5. The van der Waals surface area contributed by atoms with Gasteiger partial charge in [-0.3, -0.25) is 10.1 Å². The zero-order valence-electron chi connectivity index (χ0n) is 8.69. The lowest BCUT2D eigenvalue weighted by atomic mass is 10.00. The Morgan fingerprint density at radius 1 is 1.24 bits per heavy atom. The first kappa shape index (κ1) is 10.9. The first-order chi connectivity index (χ1) is 8.04. The van der Waals surface area contributed by atoms with Crippen molar-refractivity contribution in [3.8, 4) is 0 Å². The van der Waals surface area contributed by atoms with Gasteiger partial charge in [0.25, 0.3) is 5.91 Å². The lowest BCUT2D eigenvalue weighted by Gasteiger charge is -2.26. The summed E-state index contributed by atoms with van der Waals surface area (Å²) in [6.07, 6.45) is 0. The molecule has 0 bridgehead atoms. The zero-order chi connectivity index (χ0) is 12.5. The fourth-order valence-electron chi connectivity index (χ4n) is 1.69. The number of hydrogen-bond donors (Lipinski definition) is 4. The maximum Gasteiger partial charge on any atom is 0.324 e. The van der Waals surface area contributed by atoms with E-state index < -0.39 is 23.6 Å². The number of urea groups is 2. The van der Waals surface area contributed by atoms with Crippen LogP contribution in [0.2, 0.25) is 0 Å². The van der Waals surface area contributed by atoms with Crippen molar-refractivity contribution < 1.29 is 14.4 Å². The Morgan fingerprint density at radius 2 is 1.88 bits per heavy atom. The van der Waals surface area contributed by atoms with Crippen LogP contribution in [0.4, 0.5) is 9.59 Å². The van der Waals surface area contributed by atoms with E-state index in [1.54, 1.807) is 30.3 Å². The summed E-state index contributed by atoms with van der Waals surface area (Å²) in [5.41, 5.74) is 3.81. The molecule has 1 fully saturated rings. The molecule has 5 amide bonds. The number of benzene rings is 1. The second kappa shape index (κ2) is 3.78. The quantitative estimate of drug-likeness (QED) is 0.510. The number of rotatable bonds is 2. The van der Waals surface area contributed by atoms with Crippen LogP contribution in [0.15, 0.2) is 30.3 Å². The Hall–Kier alpha value is -2.57. The number of imide groups is 1. The van der Waals surface area contributed by atoms with Crippen molar-refractivity contribution >= 4 is 18.0 Å². The molecule has 1 saturated heterocycles. The van der Waals surface area contributed by atoms with Gasteiger partial charge >= 0.3 is 12.1 Å². The molecule has 1 heterocycles. The minimum absolute atomic E-state index is 0.419. The number of hydrogen-bond acceptors (Lipinski definition) is 3. The Balaban J connectivity index is 2.48. The van der Waals surface area contributed by atoms with Crippen LogP contribution in [0.3, 0.4) is 0 Å². The van der Waals surface area contributed by atoms with Gasteiger partial charge in [-0.25, -0.2) is 9.59 Å². The maximum atomic E-state index is 11.8. The summed E-state index contributed by atoms with van der Waals surface area (Å²) >= 11 is 0. The van der Waals surface area contributed by atoms with Crippen molar-refractivity contribution in [1.29, 1.82) is 0 Å². The van der Waals surface area contributed by atoms with Crippen molar-refractivity contribution in [2.45, 2.75) is 5.66 Å². The minimum Gasteiger partial charge on any atom is -0.352 e. The van der Waals surface area contributed by atoms with Gasteiger partial charge in [0, 0.05) is 5.56 Å². The third-order valence-corrected chi connectivity index (χ3v) is 2.39. The van der Waals surface area contributed by atoms with Gasteiger partial charge in [0.15, 0.2) is 0 Å². The van der Waals surface area contributed by atoms with E-state index in [0.29, 0.717) is 5.56 Å². The molecule has 1 aliphatic heterocycles. The molecule has 5 N–H and O–H groups in total. The van der Waals surface area contributed by atoms with E-state index in [1.165, 1.54) is 0 Å². The van der Waals surface area contributed by atoms with Crippen molar-refractivity contribution in [1.82, 2.24) is 16.0 Å². The minimum atomic E-state index is -1.63. The zero-order valence-corrected chi connectivity index (χ0v) is 8.69. The second-order valence-corrected chi connectivity index (χ2v) is 3.51. The van der Waals surface area contributed by atoms with E-state index in [1.807, 2.05) is 0 Å². The lowest BCUT2D eigenvalue weighted by Crippen LogP contribution is -2.59. The summed E-state index contributed by atoms with van der Waals surface area (Å²) in [6.45, 7) is 0. The molecule has 0 aliphatic carbocycles. The van der Waals surface area contributed by atoms with Crippen LogP contribution >= 0.6 is 0 Å². The molecule has 1 atom stereocenters. The molecule has 7 nitrogen and oxygen atoms in total. The Bertz CT molecular complexity index is 488. The Labute approximate surface area is 96.4 Å². The topological polar surface area (TPSA) is 113 Å². The highest BCUT2D eigenvalue weighted by Crippen LogP contribution is 2.21. The van der Waals surface area contributed by atoms with Crippen molar-refractivity contribution in [2.75, 3.05) is 0 Å². The van der Waals surface area contributed by atoms with Crippen molar-refractivity contribution in [3.63, 3.8) is 0 Å². The van der Waals surface area contributed by atoms with E-state index >= 15 is 0 Å². The van der Waals surface area contributed by atoms with E-state index in [4.69, 9.17) is 5.73 Å². The molecule has 0 radical (unpaired) electrons. The number of carbonyl (C=O) groups is 3. The van der Waals surface area contributed by atoms with Gasteiger partial charge in [-0.05, 0) is 0 Å². The first-order valence-electron chi connectivity index (χ1n) is 4.81. The summed E-state index contributed by atoms with van der Waals surface area (Å²) in [7, 11) is 0. The number of nitrogens with two attached hydrogens (primary N) is 1. The van der Waals surface area contributed by atoms with Crippen molar-refractivity contribution in [3.05, 3.63) is 35.9 Å². The highest BCUT2D eigenvalue weighted by Gasteiger charge is 2.48. The van der Waals surface area contributed by atoms with Gasteiger partial charge < -0.3 is 16.4 Å². The standard InChI is InChI=1S/C10H10N4O3/c11-8(16)13-10(6-4-2-1-3-5-6)7(15)12-9(17)14-10/h1-5H,(H3,11,13,16)(H2,12,14,15,17). The third kappa shape index (κ3) is 1.78. The number of carbonyl (C=O) groups excluding carboxylic acids is 3. The average molecular weight is 234 g/mol. The van der Waals surface area contributed by atoms with Gasteiger partial charge in [-0.2, -0.15) is 0 Å².